The maximum absolute atomic E-state index is 14.8. The number of nitrogens with zero attached hydrogens (tertiary/aromatic N) is 1. The van der Waals surface area contributed by atoms with Gasteiger partial charge in [0, 0.05) is 31.6 Å². The highest BCUT2D eigenvalue weighted by Crippen LogP contribution is 2.30. The van der Waals surface area contributed by atoms with E-state index in [9.17, 15) is 17.6 Å². The van der Waals surface area contributed by atoms with Gasteiger partial charge in [0.05, 0.1) is 18.0 Å². The lowest BCUT2D eigenvalue weighted by molar-refractivity contribution is -0.121. The first-order valence-electron chi connectivity index (χ1n) is 10.9. The standard InChI is InChI=1S/C25H26FN3O4S/c1-18(30)27-15-23-16-29(33-23)22-11-12-24(25(26)13-22)21-9-7-20(8-10-21)17-34(31,32)28-14-19-5-3-2-4-6-19/h2-13,23,28H,14-17H2,1H3,(H,27,30)/t23-/m0/s1. The van der Waals surface area contributed by atoms with Crippen molar-refractivity contribution in [1.29, 1.82) is 0 Å². The largest absolute Gasteiger partial charge is 0.354 e. The van der Waals surface area contributed by atoms with Gasteiger partial charge in [-0.15, -0.1) is 0 Å². The number of hydrogen-bond acceptors (Lipinski definition) is 5. The number of halogens is 1. The van der Waals surface area contributed by atoms with Gasteiger partial charge >= 0.3 is 0 Å². The second-order valence-electron chi connectivity index (χ2n) is 8.15. The summed E-state index contributed by atoms with van der Waals surface area (Å²) in [7, 11) is -3.51. The van der Waals surface area contributed by atoms with Crippen LogP contribution in [0.25, 0.3) is 11.1 Å². The van der Waals surface area contributed by atoms with Crippen LogP contribution in [0.15, 0.2) is 72.8 Å². The minimum Gasteiger partial charge on any atom is -0.354 e. The van der Waals surface area contributed by atoms with Crippen LogP contribution in [0.3, 0.4) is 0 Å². The predicted octanol–water partition coefficient (Wildman–Crippen LogP) is 3.37. The summed E-state index contributed by atoms with van der Waals surface area (Å²) >= 11 is 0. The molecule has 1 aliphatic heterocycles. The maximum atomic E-state index is 14.8. The lowest BCUT2D eigenvalue weighted by Gasteiger charge is -2.39. The molecule has 34 heavy (non-hydrogen) atoms. The van der Waals surface area contributed by atoms with Gasteiger partial charge in [0.25, 0.3) is 0 Å². The smallest absolute Gasteiger partial charge is 0.216 e. The normalized spacial score (nSPS) is 15.6. The monoisotopic (exact) mass is 483 g/mol. The third kappa shape index (κ3) is 6.19. The van der Waals surface area contributed by atoms with E-state index in [4.69, 9.17) is 4.84 Å². The lowest BCUT2D eigenvalue weighted by Crippen LogP contribution is -2.53. The van der Waals surface area contributed by atoms with Gasteiger partial charge in [-0.05, 0) is 28.8 Å². The Morgan fingerprint density at radius 3 is 2.41 bits per heavy atom. The van der Waals surface area contributed by atoms with E-state index >= 15 is 0 Å². The highest BCUT2D eigenvalue weighted by Gasteiger charge is 2.29. The van der Waals surface area contributed by atoms with Crippen molar-refractivity contribution in [3.8, 4) is 11.1 Å². The SMILES string of the molecule is CC(=O)NC[C@H]1CN(c2ccc(-c3ccc(CS(=O)(=O)NCc4ccccc4)cc3)c(F)c2)O1. The molecule has 1 heterocycles. The van der Waals surface area contributed by atoms with Gasteiger partial charge in [-0.1, -0.05) is 54.6 Å². The summed E-state index contributed by atoms with van der Waals surface area (Å²) in [6, 6.07) is 20.9. The molecule has 0 aliphatic carbocycles. The minimum absolute atomic E-state index is 0.121. The maximum Gasteiger partial charge on any atom is 0.216 e. The van der Waals surface area contributed by atoms with Crippen LogP contribution in [0.1, 0.15) is 18.1 Å². The lowest BCUT2D eigenvalue weighted by atomic mass is 10.0. The van der Waals surface area contributed by atoms with Crippen molar-refractivity contribution in [2.75, 3.05) is 18.2 Å². The third-order valence-electron chi connectivity index (χ3n) is 5.43. The number of anilines is 1. The summed E-state index contributed by atoms with van der Waals surface area (Å²) in [4.78, 5) is 16.5. The molecule has 7 nitrogen and oxygen atoms in total. The highest BCUT2D eigenvalue weighted by atomic mass is 32.2. The van der Waals surface area contributed by atoms with Crippen molar-refractivity contribution in [3.63, 3.8) is 0 Å². The number of rotatable bonds is 9. The Bertz CT molecular complexity index is 1240. The van der Waals surface area contributed by atoms with E-state index in [2.05, 4.69) is 10.0 Å². The Hall–Kier alpha value is -3.27. The van der Waals surface area contributed by atoms with Gasteiger partial charge in [0.15, 0.2) is 0 Å². The van der Waals surface area contributed by atoms with Crippen LogP contribution >= 0.6 is 0 Å². The molecule has 0 saturated carbocycles. The molecule has 3 aromatic carbocycles. The van der Waals surface area contributed by atoms with Crippen LogP contribution in [-0.2, 0) is 32.0 Å². The Labute approximate surface area is 198 Å². The Morgan fingerprint density at radius 2 is 1.76 bits per heavy atom. The molecule has 1 fully saturated rings. The summed E-state index contributed by atoms with van der Waals surface area (Å²) in [5.41, 5.74) is 3.14. The minimum atomic E-state index is -3.51. The van der Waals surface area contributed by atoms with Gasteiger partial charge in [-0.3, -0.25) is 14.7 Å². The van der Waals surface area contributed by atoms with Crippen LogP contribution in [-0.4, -0.2) is 33.5 Å². The van der Waals surface area contributed by atoms with Crippen LogP contribution in [0.4, 0.5) is 10.1 Å². The second-order valence-corrected chi connectivity index (χ2v) is 9.96. The first-order chi connectivity index (χ1) is 16.3. The number of benzene rings is 3. The number of carbonyl (C=O) groups excluding carboxylic acids is 1. The number of hydrogen-bond donors (Lipinski definition) is 2. The molecule has 1 atom stereocenters. The zero-order valence-corrected chi connectivity index (χ0v) is 19.5. The molecule has 0 radical (unpaired) electrons. The summed E-state index contributed by atoms with van der Waals surface area (Å²) in [6.07, 6.45) is -0.127. The van der Waals surface area contributed by atoms with Crippen LogP contribution in [0.2, 0.25) is 0 Å². The van der Waals surface area contributed by atoms with Crippen molar-refractivity contribution in [3.05, 3.63) is 89.7 Å². The fourth-order valence-electron chi connectivity index (χ4n) is 3.62. The Kier molecular flexibility index (Phi) is 7.26. The first kappa shape index (κ1) is 23.9. The third-order valence-corrected chi connectivity index (χ3v) is 6.72. The number of carbonyl (C=O) groups is 1. The van der Waals surface area contributed by atoms with E-state index in [1.54, 1.807) is 41.5 Å². The number of sulfonamides is 1. The summed E-state index contributed by atoms with van der Waals surface area (Å²) < 4.78 is 42.2. The van der Waals surface area contributed by atoms with Crippen molar-refractivity contribution < 1.29 is 22.4 Å². The fraction of sp³-hybridized carbons (Fsp3) is 0.240. The molecular formula is C25H26FN3O4S. The van der Waals surface area contributed by atoms with Crippen molar-refractivity contribution in [1.82, 2.24) is 10.0 Å². The molecule has 1 aliphatic rings. The zero-order valence-electron chi connectivity index (χ0n) is 18.7. The van der Waals surface area contributed by atoms with E-state index in [1.165, 1.54) is 13.0 Å². The molecule has 178 valence electrons. The molecule has 0 unspecified atom stereocenters. The van der Waals surface area contributed by atoms with Gasteiger partial charge in [-0.25, -0.2) is 17.5 Å². The van der Waals surface area contributed by atoms with E-state index in [1.807, 2.05) is 30.3 Å². The number of nitrogens with one attached hydrogen (secondary N) is 2. The average molecular weight is 484 g/mol. The second kappa shape index (κ2) is 10.3. The molecule has 2 N–H and O–H groups in total. The predicted molar refractivity (Wildman–Crippen MR) is 129 cm³/mol. The number of amides is 1. The van der Waals surface area contributed by atoms with Gasteiger partial charge in [0.1, 0.15) is 11.9 Å². The quantitative estimate of drug-likeness (QED) is 0.487. The van der Waals surface area contributed by atoms with Crippen molar-refractivity contribution in [2.45, 2.75) is 25.3 Å². The molecule has 0 bridgehead atoms. The molecular weight excluding hydrogens is 457 g/mol. The molecule has 9 heteroatoms. The summed E-state index contributed by atoms with van der Waals surface area (Å²) in [6.45, 7) is 2.64. The first-order valence-corrected chi connectivity index (χ1v) is 12.5. The molecule has 0 spiro atoms. The van der Waals surface area contributed by atoms with Crippen LogP contribution < -0.4 is 15.1 Å². The molecule has 4 rings (SSSR count). The molecule has 1 amide bonds. The average Bonchev–Trinajstić information content (AvgIpc) is 2.78. The van der Waals surface area contributed by atoms with Crippen molar-refractivity contribution >= 4 is 21.6 Å². The van der Waals surface area contributed by atoms with E-state index in [-0.39, 0.29) is 24.3 Å². The van der Waals surface area contributed by atoms with Gasteiger partial charge in [0.2, 0.25) is 15.9 Å². The fourth-order valence-corrected chi connectivity index (χ4v) is 4.74. The van der Waals surface area contributed by atoms with Gasteiger partial charge in [-0.2, -0.15) is 0 Å². The molecule has 1 saturated heterocycles. The molecule has 3 aromatic rings. The van der Waals surface area contributed by atoms with E-state index in [0.29, 0.717) is 35.5 Å². The van der Waals surface area contributed by atoms with Crippen LogP contribution in [0, 0.1) is 5.82 Å². The zero-order chi connectivity index (χ0) is 24.1. The highest BCUT2D eigenvalue weighted by molar-refractivity contribution is 7.88. The van der Waals surface area contributed by atoms with Crippen LogP contribution in [0.5, 0.6) is 0 Å². The van der Waals surface area contributed by atoms with E-state index < -0.39 is 15.8 Å². The molecule has 0 aromatic heterocycles. The summed E-state index contributed by atoms with van der Waals surface area (Å²) in [5, 5.41) is 4.27. The Balaban J connectivity index is 1.35. The van der Waals surface area contributed by atoms with Crippen molar-refractivity contribution in [2.24, 2.45) is 0 Å². The Morgan fingerprint density at radius 1 is 1.06 bits per heavy atom. The van der Waals surface area contributed by atoms with E-state index in [0.717, 1.165) is 5.56 Å². The summed E-state index contributed by atoms with van der Waals surface area (Å²) in [5.74, 6) is -0.686. The number of hydroxylamine groups is 1. The topological polar surface area (TPSA) is 87.7 Å². The van der Waals surface area contributed by atoms with Gasteiger partial charge < -0.3 is 5.32 Å².